The van der Waals surface area contributed by atoms with E-state index in [2.05, 4.69) is 21.2 Å². The molecule has 1 unspecified atom stereocenters. The average Bonchev–Trinajstić information content (AvgIpc) is 2.69. The van der Waals surface area contributed by atoms with Crippen molar-refractivity contribution in [3.05, 3.63) is 28.7 Å². The molecule has 1 aliphatic heterocycles. The van der Waals surface area contributed by atoms with E-state index in [0.717, 1.165) is 37.1 Å². The summed E-state index contributed by atoms with van der Waals surface area (Å²) in [5.41, 5.74) is 0. The Bertz CT molecular complexity index is 431. The summed E-state index contributed by atoms with van der Waals surface area (Å²) in [4.78, 5) is 14.2. The maximum Gasteiger partial charge on any atom is 0.263 e. The van der Waals surface area contributed by atoms with Crippen molar-refractivity contribution in [2.24, 2.45) is 0 Å². The summed E-state index contributed by atoms with van der Waals surface area (Å²) < 4.78 is 6.61. The molecule has 19 heavy (non-hydrogen) atoms. The Morgan fingerprint density at radius 2 is 2.16 bits per heavy atom. The lowest BCUT2D eigenvalue weighted by Gasteiger charge is -2.24. The smallest absolute Gasteiger partial charge is 0.263 e. The van der Waals surface area contributed by atoms with Gasteiger partial charge in [-0.1, -0.05) is 12.1 Å². The minimum absolute atomic E-state index is 0.0550. The second-order valence-electron chi connectivity index (χ2n) is 4.62. The van der Waals surface area contributed by atoms with Gasteiger partial charge in [0.1, 0.15) is 5.75 Å². The molecule has 1 amide bonds. The highest BCUT2D eigenvalue weighted by Crippen LogP contribution is 2.25. The van der Waals surface area contributed by atoms with Crippen LogP contribution in [0.3, 0.4) is 0 Å². The van der Waals surface area contributed by atoms with Gasteiger partial charge in [0.25, 0.3) is 5.91 Å². The second kappa shape index (κ2) is 6.91. The molecule has 0 aromatic heterocycles. The van der Waals surface area contributed by atoms with Gasteiger partial charge in [0.2, 0.25) is 0 Å². The molecule has 1 fully saturated rings. The molecule has 0 aliphatic carbocycles. The first-order chi connectivity index (χ1) is 9.18. The zero-order valence-corrected chi connectivity index (χ0v) is 12.6. The van der Waals surface area contributed by atoms with Crippen LogP contribution in [0.2, 0.25) is 0 Å². The SMILES string of the molecule is CC(Oc1ccccc1Br)C(=O)N1CCCNCC1. The van der Waals surface area contributed by atoms with Gasteiger partial charge in [-0.2, -0.15) is 0 Å². The molecule has 0 radical (unpaired) electrons. The van der Waals surface area contributed by atoms with E-state index in [0.29, 0.717) is 5.75 Å². The summed E-state index contributed by atoms with van der Waals surface area (Å²) in [6, 6.07) is 7.58. The quantitative estimate of drug-likeness (QED) is 0.924. The lowest BCUT2D eigenvalue weighted by atomic mass is 10.3. The van der Waals surface area contributed by atoms with Gasteiger partial charge in [-0.25, -0.2) is 0 Å². The van der Waals surface area contributed by atoms with Gasteiger partial charge in [0.05, 0.1) is 4.47 Å². The van der Waals surface area contributed by atoms with Crippen molar-refractivity contribution in [1.82, 2.24) is 10.2 Å². The summed E-state index contributed by atoms with van der Waals surface area (Å²) >= 11 is 3.42. The predicted molar refractivity (Wildman–Crippen MR) is 78.3 cm³/mol. The van der Waals surface area contributed by atoms with Crippen LogP contribution in [0.1, 0.15) is 13.3 Å². The molecule has 0 saturated carbocycles. The van der Waals surface area contributed by atoms with Crippen molar-refractivity contribution in [2.45, 2.75) is 19.4 Å². The number of hydrogen-bond acceptors (Lipinski definition) is 3. The van der Waals surface area contributed by atoms with E-state index >= 15 is 0 Å². The van der Waals surface area contributed by atoms with E-state index in [-0.39, 0.29) is 5.91 Å². The van der Waals surface area contributed by atoms with Gasteiger partial charge >= 0.3 is 0 Å². The topological polar surface area (TPSA) is 41.6 Å². The van der Waals surface area contributed by atoms with Crippen LogP contribution < -0.4 is 10.1 Å². The molecule has 4 nitrogen and oxygen atoms in total. The standard InChI is InChI=1S/C14H19BrN2O2/c1-11(19-13-6-3-2-5-12(13)15)14(18)17-9-4-7-16-8-10-17/h2-3,5-6,11,16H,4,7-10H2,1H3. The summed E-state index contributed by atoms with van der Waals surface area (Å²) in [5.74, 6) is 0.760. The van der Waals surface area contributed by atoms with Gasteiger partial charge in [-0.15, -0.1) is 0 Å². The average molecular weight is 327 g/mol. The van der Waals surface area contributed by atoms with Crippen LogP contribution in [0.4, 0.5) is 0 Å². The third kappa shape index (κ3) is 3.94. The number of hydrogen-bond donors (Lipinski definition) is 1. The molecule has 0 bridgehead atoms. The number of benzene rings is 1. The number of carbonyl (C=O) groups excluding carboxylic acids is 1. The van der Waals surface area contributed by atoms with E-state index in [9.17, 15) is 4.79 Å². The van der Waals surface area contributed by atoms with E-state index < -0.39 is 6.10 Å². The van der Waals surface area contributed by atoms with Crippen molar-refractivity contribution < 1.29 is 9.53 Å². The normalized spacial score (nSPS) is 17.7. The zero-order chi connectivity index (χ0) is 13.7. The maximum atomic E-state index is 12.3. The minimum atomic E-state index is -0.461. The molecule has 0 spiro atoms. The third-order valence-corrected chi connectivity index (χ3v) is 3.80. The summed E-state index contributed by atoms with van der Waals surface area (Å²) in [6.45, 7) is 5.19. The fourth-order valence-electron chi connectivity index (χ4n) is 2.10. The van der Waals surface area contributed by atoms with Crippen LogP contribution in [-0.4, -0.2) is 43.1 Å². The lowest BCUT2D eigenvalue weighted by molar-refractivity contribution is -0.137. The van der Waals surface area contributed by atoms with E-state index in [1.807, 2.05) is 29.2 Å². The van der Waals surface area contributed by atoms with Crippen LogP contribution in [-0.2, 0) is 4.79 Å². The third-order valence-electron chi connectivity index (χ3n) is 3.14. The van der Waals surface area contributed by atoms with Crippen molar-refractivity contribution >= 4 is 21.8 Å². The van der Waals surface area contributed by atoms with Crippen LogP contribution in [0.25, 0.3) is 0 Å². The number of ether oxygens (including phenoxy) is 1. The predicted octanol–water partition coefficient (Wildman–Crippen LogP) is 2.04. The number of amides is 1. The Morgan fingerprint density at radius 3 is 2.95 bits per heavy atom. The monoisotopic (exact) mass is 326 g/mol. The van der Waals surface area contributed by atoms with Gasteiger partial charge < -0.3 is 15.0 Å². The highest BCUT2D eigenvalue weighted by Gasteiger charge is 2.23. The van der Waals surface area contributed by atoms with Crippen molar-refractivity contribution in [3.8, 4) is 5.75 Å². The van der Waals surface area contributed by atoms with Crippen LogP contribution in [0, 0.1) is 0 Å². The maximum absolute atomic E-state index is 12.3. The number of para-hydroxylation sites is 1. The summed E-state index contributed by atoms with van der Waals surface area (Å²) in [6.07, 6.45) is 0.532. The number of halogens is 1. The molecule has 1 aromatic rings. The van der Waals surface area contributed by atoms with Gasteiger partial charge in [0, 0.05) is 19.6 Å². The molecule has 1 aromatic carbocycles. The van der Waals surface area contributed by atoms with E-state index in [1.165, 1.54) is 0 Å². The van der Waals surface area contributed by atoms with E-state index in [1.54, 1.807) is 6.92 Å². The molecule has 2 rings (SSSR count). The number of nitrogens with one attached hydrogen (secondary N) is 1. The van der Waals surface area contributed by atoms with Gasteiger partial charge in [-0.3, -0.25) is 4.79 Å². The summed E-state index contributed by atoms with van der Waals surface area (Å²) in [7, 11) is 0. The van der Waals surface area contributed by atoms with Gasteiger partial charge in [-0.05, 0) is 48.0 Å². The Balaban J connectivity index is 1.97. The van der Waals surface area contributed by atoms with E-state index in [4.69, 9.17) is 4.74 Å². The van der Waals surface area contributed by atoms with Crippen LogP contribution in [0.5, 0.6) is 5.75 Å². The summed E-state index contributed by atoms with van der Waals surface area (Å²) in [5, 5.41) is 3.29. The molecule has 1 N–H and O–H groups in total. The fraction of sp³-hybridized carbons (Fsp3) is 0.500. The first-order valence-corrected chi connectivity index (χ1v) is 7.38. The molecule has 1 aliphatic rings. The lowest BCUT2D eigenvalue weighted by Crippen LogP contribution is -2.42. The molecule has 104 valence electrons. The molecular formula is C14H19BrN2O2. The number of carbonyl (C=O) groups is 1. The Morgan fingerprint density at radius 1 is 1.37 bits per heavy atom. The first-order valence-electron chi connectivity index (χ1n) is 6.59. The highest BCUT2D eigenvalue weighted by molar-refractivity contribution is 9.10. The molecular weight excluding hydrogens is 308 g/mol. The fourth-order valence-corrected chi connectivity index (χ4v) is 2.48. The van der Waals surface area contributed by atoms with Gasteiger partial charge in [0.15, 0.2) is 6.10 Å². The largest absolute Gasteiger partial charge is 0.480 e. The van der Waals surface area contributed by atoms with Crippen LogP contribution in [0.15, 0.2) is 28.7 Å². The Kier molecular flexibility index (Phi) is 5.22. The molecule has 5 heteroatoms. The molecule has 1 saturated heterocycles. The van der Waals surface area contributed by atoms with Crippen molar-refractivity contribution in [1.29, 1.82) is 0 Å². The number of rotatable bonds is 3. The number of nitrogens with zero attached hydrogens (tertiary/aromatic N) is 1. The Hall–Kier alpha value is -1.07. The Labute approximate surface area is 122 Å². The zero-order valence-electron chi connectivity index (χ0n) is 11.1. The van der Waals surface area contributed by atoms with Crippen molar-refractivity contribution in [2.75, 3.05) is 26.2 Å². The molecule has 1 atom stereocenters. The van der Waals surface area contributed by atoms with Crippen LogP contribution >= 0.6 is 15.9 Å². The first kappa shape index (κ1) is 14.3. The minimum Gasteiger partial charge on any atom is -0.480 e. The highest BCUT2D eigenvalue weighted by atomic mass is 79.9. The van der Waals surface area contributed by atoms with Crippen molar-refractivity contribution in [3.63, 3.8) is 0 Å². The molecule has 1 heterocycles. The second-order valence-corrected chi connectivity index (χ2v) is 5.47.